The minimum absolute atomic E-state index is 0.0404. The highest BCUT2D eigenvalue weighted by molar-refractivity contribution is 7.17. The van der Waals surface area contributed by atoms with Crippen LogP contribution < -0.4 is 0 Å². The normalized spacial score (nSPS) is 10.6. The van der Waals surface area contributed by atoms with Crippen molar-refractivity contribution in [3.05, 3.63) is 46.6 Å². The first-order chi connectivity index (χ1) is 8.00. The highest BCUT2D eigenvalue weighted by Gasteiger charge is 2.16. The molecule has 1 aromatic heterocycles. The molecule has 1 heterocycles. The molecule has 0 spiro atoms. The van der Waals surface area contributed by atoms with Gasteiger partial charge in [0.25, 0.3) is 0 Å². The number of thiophene rings is 1. The molecule has 0 saturated heterocycles. The maximum atomic E-state index is 13.5. The summed E-state index contributed by atoms with van der Waals surface area (Å²) < 4.78 is 39.2. The van der Waals surface area contributed by atoms with E-state index in [9.17, 15) is 18.0 Å². The molecule has 0 N–H and O–H groups in total. The summed E-state index contributed by atoms with van der Waals surface area (Å²) in [7, 11) is 0. The summed E-state index contributed by atoms with van der Waals surface area (Å²) in [5, 5.41) is 0. The molecular formula is C12H7F3OS. The van der Waals surface area contributed by atoms with Crippen molar-refractivity contribution < 1.29 is 18.0 Å². The molecule has 17 heavy (non-hydrogen) atoms. The quantitative estimate of drug-likeness (QED) is 0.585. The number of rotatable bonds is 2. The summed E-state index contributed by atoms with van der Waals surface area (Å²) in [5.74, 6) is -4.11. The summed E-state index contributed by atoms with van der Waals surface area (Å²) in [6, 6.07) is 5.06. The van der Waals surface area contributed by atoms with Crippen LogP contribution in [-0.4, -0.2) is 5.78 Å². The Balaban J connectivity index is 2.53. The SMILES string of the molecule is CC(=O)c1ccc(-c2ccc(F)c(F)c2F)s1. The van der Waals surface area contributed by atoms with Crippen LogP contribution in [0.5, 0.6) is 0 Å². The topological polar surface area (TPSA) is 17.1 Å². The van der Waals surface area contributed by atoms with Crippen molar-refractivity contribution in [1.82, 2.24) is 0 Å². The zero-order valence-electron chi connectivity index (χ0n) is 8.76. The Hall–Kier alpha value is -1.62. The Labute approximate surface area is 99.5 Å². The maximum Gasteiger partial charge on any atom is 0.195 e. The lowest BCUT2D eigenvalue weighted by Crippen LogP contribution is -1.92. The van der Waals surface area contributed by atoms with Crippen LogP contribution in [0.25, 0.3) is 10.4 Å². The lowest BCUT2D eigenvalue weighted by atomic mass is 10.1. The van der Waals surface area contributed by atoms with Gasteiger partial charge in [0.2, 0.25) is 0 Å². The van der Waals surface area contributed by atoms with Crippen molar-refractivity contribution in [2.24, 2.45) is 0 Å². The standard InChI is InChI=1S/C12H7F3OS/c1-6(16)9-4-5-10(17-9)7-2-3-8(13)12(15)11(7)14/h2-5H,1H3. The van der Waals surface area contributed by atoms with E-state index in [2.05, 4.69) is 0 Å². The van der Waals surface area contributed by atoms with Gasteiger partial charge in [-0.3, -0.25) is 4.79 Å². The number of hydrogen-bond acceptors (Lipinski definition) is 2. The molecule has 0 unspecified atom stereocenters. The van der Waals surface area contributed by atoms with Gasteiger partial charge in [-0.2, -0.15) is 0 Å². The van der Waals surface area contributed by atoms with Crippen molar-refractivity contribution in [3.63, 3.8) is 0 Å². The van der Waals surface area contributed by atoms with E-state index in [0.29, 0.717) is 9.75 Å². The van der Waals surface area contributed by atoms with Gasteiger partial charge in [0.05, 0.1) is 4.88 Å². The molecule has 0 amide bonds. The molecular weight excluding hydrogens is 249 g/mol. The van der Waals surface area contributed by atoms with Gasteiger partial charge in [-0.25, -0.2) is 13.2 Å². The first-order valence-electron chi connectivity index (χ1n) is 4.75. The number of Topliss-reactive ketones (excluding diaryl/α,β-unsaturated/α-hetero) is 1. The van der Waals surface area contributed by atoms with Gasteiger partial charge in [0, 0.05) is 10.4 Å². The Kier molecular flexibility index (Phi) is 3.02. The fourth-order valence-electron chi connectivity index (χ4n) is 1.39. The largest absolute Gasteiger partial charge is 0.294 e. The molecule has 2 aromatic rings. The molecule has 0 bridgehead atoms. The van der Waals surface area contributed by atoms with Gasteiger partial charge in [0.1, 0.15) is 0 Å². The van der Waals surface area contributed by atoms with Crippen molar-refractivity contribution in [1.29, 1.82) is 0 Å². The van der Waals surface area contributed by atoms with Crippen molar-refractivity contribution in [2.45, 2.75) is 6.92 Å². The third kappa shape index (κ3) is 2.10. The fraction of sp³-hybridized carbons (Fsp3) is 0.0833. The minimum Gasteiger partial charge on any atom is -0.294 e. The van der Waals surface area contributed by atoms with E-state index in [1.165, 1.54) is 19.1 Å². The van der Waals surface area contributed by atoms with Gasteiger partial charge in [-0.05, 0) is 31.2 Å². The van der Waals surface area contributed by atoms with E-state index in [4.69, 9.17) is 0 Å². The van der Waals surface area contributed by atoms with Crippen LogP contribution in [0.4, 0.5) is 13.2 Å². The fourth-order valence-corrected chi connectivity index (χ4v) is 2.31. The molecule has 0 aliphatic rings. The van der Waals surface area contributed by atoms with Crippen LogP contribution >= 0.6 is 11.3 Å². The van der Waals surface area contributed by atoms with Crippen molar-refractivity contribution in [2.75, 3.05) is 0 Å². The summed E-state index contributed by atoms with van der Waals surface area (Å²) >= 11 is 1.04. The smallest absolute Gasteiger partial charge is 0.195 e. The monoisotopic (exact) mass is 256 g/mol. The Bertz CT molecular complexity index is 589. The number of benzene rings is 1. The Morgan fingerprint density at radius 2 is 1.76 bits per heavy atom. The molecule has 0 fully saturated rings. The third-order valence-electron chi connectivity index (χ3n) is 2.25. The van der Waals surface area contributed by atoms with Gasteiger partial charge < -0.3 is 0 Å². The highest BCUT2D eigenvalue weighted by Crippen LogP contribution is 2.31. The molecule has 88 valence electrons. The molecule has 0 radical (unpaired) electrons. The van der Waals surface area contributed by atoms with E-state index < -0.39 is 17.5 Å². The number of carbonyl (C=O) groups excluding carboxylic acids is 1. The van der Waals surface area contributed by atoms with E-state index in [1.54, 1.807) is 0 Å². The van der Waals surface area contributed by atoms with Crippen LogP contribution in [0, 0.1) is 17.5 Å². The number of halogens is 3. The molecule has 1 nitrogen and oxygen atoms in total. The number of ketones is 1. The van der Waals surface area contributed by atoms with E-state index >= 15 is 0 Å². The van der Waals surface area contributed by atoms with Gasteiger partial charge in [-0.1, -0.05) is 0 Å². The maximum absolute atomic E-state index is 13.5. The van der Waals surface area contributed by atoms with Gasteiger partial charge >= 0.3 is 0 Å². The predicted molar refractivity (Wildman–Crippen MR) is 59.6 cm³/mol. The van der Waals surface area contributed by atoms with Crippen LogP contribution in [0.15, 0.2) is 24.3 Å². The summed E-state index contributed by atoms with van der Waals surface area (Å²) in [4.78, 5) is 11.9. The highest BCUT2D eigenvalue weighted by atomic mass is 32.1. The van der Waals surface area contributed by atoms with Crippen molar-refractivity contribution in [3.8, 4) is 10.4 Å². The summed E-state index contributed by atoms with van der Waals surface area (Å²) in [5.41, 5.74) is -0.0404. The molecule has 0 aliphatic heterocycles. The molecule has 0 saturated carbocycles. The molecule has 5 heteroatoms. The molecule has 1 aromatic carbocycles. The zero-order valence-corrected chi connectivity index (χ0v) is 9.58. The third-order valence-corrected chi connectivity index (χ3v) is 3.47. The van der Waals surface area contributed by atoms with E-state index in [0.717, 1.165) is 23.5 Å². The van der Waals surface area contributed by atoms with Crippen LogP contribution in [0.2, 0.25) is 0 Å². The zero-order chi connectivity index (χ0) is 12.6. The first kappa shape index (κ1) is 11.9. The number of hydrogen-bond donors (Lipinski definition) is 0. The predicted octanol–water partition coefficient (Wildman–Crippen LogP) is 4.04. The van der Waals surface area contributed by atoms with Gasteiger partial charge in [0.15, 0.2) is 23.2 Å². The van der Waals surface area contributed by atoms with E-state index in [-0.39, 0.29) is 11.3 Å². The van der Waals surface area contributed by atoms with Crippen LogP contribution in [-0.2, 0) is 0 Å². The van der Waals surface area contributed by atoms with Gasteiger partial charge in [-0.15, -0.1) is 11.3 Å². The first-order valence-corrected chi connectivity index (χ1v) is 5.57. The Morgan fingerprint density at radius 1 is 1.06 bits per heavy atom. The molecule has 0 aliphatic carbocycles. The van der Waals surface area contributed by atoms with Crippen LogP contribution in [0.3, 0.4) is 0 Å². The van der Waals surface area contributed by atoms with E-state index in [1.807, 2.05) is 0 Å². The van der Waals surface area contributed by atoms with Crippen LogP contribution in [0.1, 0.15) is 16.6 Å². The molecule has 0 atom stereocenters. The minimum atomic E-state index is -1.50. The number of carbonyl (C=O) groups is 1. The second kappa shape index (κ2) is 4.33. The summed E-state index contributed by atoms with van der Waals surface area (Å²) in [6.07, 6.45) is 0. The lowest BCUT2D eigenvalue weighted by molar-refractivity contribution is 0.102. The average molecular weight is 256 g/mol. The summed E-state index contributed by atoms with van der Waals surface area (Å²) in [6.45, 7) is 1.39. The average Bonchev–Trinajstić information content (AvgIpc) is 2.75. The second-order valence-corrected chi connectivity index (χ2v) is 4.53. The Morgan fingerprint density at radius 3 is 2.35 bits per heavy atom. The second-order valence-electron chi connectivity index (χ2n) is 3.44. The molecule has 2 rings (SSSR count). The lowest BCUT2D eigenvalue weighted by Gasteiger charge is -2.01. The van der Waals surface area contributed by atoms with Crippen molar-refractivity contribution >= 4 is 17.1 Å².